The fraction of sp³-hybridized carbons (Fsp3) is 0.235. The second-order valence-corrected chi connectivity index (χ2v) is 6.40. The van der Waals surface area contributed by atoms with Gasteiger partial charge in [-0.25, -0.2) is 0 Å². The highest BCUT2D eigenvalue weighted by atomic mass is 79.9. The molecule has 0 aliphatic rings. The molecule has 0 bridgehead atoms. The van der Waals surface area contributed by atoms with Crippen LogP contribution in [0.3, 0.4) is 0 Å². The lowest BCUT2D eigenvalue weighted by Gasteiger charge is -2.14. The van der Waals surface area contributed by atoms with E-state index in [2.05, 4.69) is 21.2 Å². The number of benzene rings is 2. The first-order chi connectivity index (χ1) is 11.4. The van der Waals surface area contributed by atoms with E-state index in [9.17, 15) is 14.9 Å². The molecule has 0 radical (unpaired) electrons. The van der Waals surface area contributed by atoms with Crippen LogP contribution in [0.1, 0.15) is 25.3 Å². The number of nitro groups is 1. The zero-order valence-corrected chi connectivity index (χ0v) is 14.9. The van der Waals surface area contributed by atoms with Crippen molar-refractivity contribution >= 4 is 33.2 Å². The summed E-state index contributed by atoms with van der Waals surface area (Å²) in [4.78, 5) is 22.2. The molecule has 1 N–H and O–H groups in total. The molecule has 0 aliphatic heterocycles. The maximum atomic E-state index is 12.0. The molecule has 0 unspecified atom stereocenters. The normalized spacial score (nSPS) is 10.5. The van der Waals surface area contributed by atoms with Crippen molar-refractivity contribution in [3.05, 3.63) is 62.6 Å². The number of anilines is 1. The summed E-state index contributed by atoms with van der Waals surface area (Å²) in [6.07, 6.45) is 0. The summed E-state index contributed by atoms with van der Waals surface area (Å²) in [6.45, 7) is 3.90. The standard InChI is InChI=1S/C17H17BrN2O4/c1-11(2)15-8-12(18)6-7-16(15)24-10-17(21)19-13-4-3-5-14(9-13)20(22)23/h3-9,11H,10H2,1-2H3,(H,19,21). The number of amides is 1. The van der Waals surface area contributed by atoms with Gasteiger partial charge in [-0.1, -0.05) is 35.8 Å². The average molecular weight is 393 g/mol. The zero-order chi connectivity index (χ0) is 17.7. The largest absolute Gasteiger partial charge is 0.483 e. The van der Waals surface area contributed by atoms with E-state index in [1.807, 2.05) is 26.0 Å². The number of hydrogen-bond acceptors (Lipinski definition) is 4. The van der Waals surface area contributed by atoms with Crippen LogP contribution in [-0.2, 0) is 4.79 Å². The number of nitrogens with one attached hydrogen (secondary N) is 1. The Kier molecular flexibility index (Phi) is 5.92. The minimum Gasteiger partial charge on any atom is -0.483 e. The summed E-state index contributed by atoms with van der Waals surface area (Å²) >= 11 is 3.42. The van der Waals surface area contributed by atoms with Crippen molar-refractivity contribution in [3.8, 4) is 5.75 Å². The summed E-state index contributed by atoms with van der Waals surface area (Å²) in [6, 6.07) is 11.4. The van der Waals surface area contributed by atoms with Gasteiger partial charge in [-0.15, -0.1) is 0 Å². The zero-order valence-electron chi connectivity index (χ0n) is 13.3. The fourth-order valence-corrected chi connectivity index (χ4v) is 2.52. The molecule has 24 heavy (non-hydrogen) atoms. The smallest absolute Gasteiger partial charge is 0.271 e. The lowest BCUT2D eigenvalue weighted by Crippen LogP contribution is -2.20. The number of halogens is 1. The highest BCUT2D eigenvalue weighted by Gasteiger charge is 2.12. The molecule has 126 valence electrons. The van der Waals surface area contributed by atoms with Gasteiger partial charge in [0.2, 0.25) is 0 Å². The SMILES string of the molecule is CC(C)c1cc(Br)ccc1OCC(=O)Nc1cccc([N+](=O)[O-])c1. The van der Waals surface area contributed by atoms with Crippen LogP contribution in [0, 0.1) is 10.1 Å². The number of non-ortho nitro benzene ring substituents is 1. The Hall–Kier alpha value is -2.41. The predicted octanol–water partition coefficient (Wildman–Crippen LogP) is 4.50. The highest BCUT2D eigenvalue weighted by molar-refractivity contribution is 9.10. The van der Waals surface area contributed by atoms with Gasteiger partial charge in [-0.2, -0.15) is 0 Å². The van der Waals surface area contributed by atoms with E-state index in [-0.39, 0.29) is 24.1 Å². The molecular formula is C17H17BrN2O4. The van der Waals surface area contributed by atoms with Gasteiger partial charge in [-0.3, -0.25) is 14.9 Å². The molecule has 0 spiro atoms. The molecule has 7 heteroatoms. The van der Waals surface area contributed by atoms with Crippen molar-refractivity contribution in [2.75, 3.05) is 11.9 Å². The number of rotatable bonds is 6. The summed E-state index contributed by atoms with van der Waals surface area (Å²) in [7, 11) is 0. The molecule has 0 atom stereocenters. The number of hydrogen-bond donors (Lipinski definition) is 1. The molecule has 0 heterocycles. The summed E-state index contributed by atoms with van der Waals surface area (Å²) in [5.74, 6) is 0.507. The average Bonchev–Trinajstić information content (AvgIpc) is 2.53. The maximum Gasteiger partial charge on any atom is 0.271 e. The van der Waals surface area contributed by atoms with Crippen LogP contribution in [0.2, 0.25) is 0 Å². The predicted molar refractivity (Wildman–Crippen MR) is 95.5 cm³/mol. The van der Waals surface area contributed by atoms with E-state index in [1.54, 1.807) is 12.1 Å². The molecule has 0 aromatic heterocycles. The fourth-order valence-electron chi connectivity index (χ4n) is 2.14. The van der Waals surface area contributed by atoms with Crippen molar-refractivity contribution in [3.63, 3.8) is 0 Å². The molecule has 0 aliphatic carbocycles. The Labute approximate surface area is 148 Å². The summed E-state index contributed by atoms with van der Waals surface area (Å²) in [5.41, 5.74) is 1.27. The monoisotopic (exact) mass is 392 g/mol. The summed E-state index contributed by atoms with van der Waals surface area (Å²) < 4.78 is 6.54. The number of nitro benzene ring substituents is 1. The topological polar surface area (TPSA) is 81.5 Å². The van der Waals surface area contributed by atoms with Gasteiger partial charge >= 0.3 is 0 Å². The molecule has 2 aromatic carbocycles. The molecule has 6 nitrogen and oxygen atoms in total. The van der Waals surface area contributed by atoms with Gasteiger partial charge in [0.05, 0.1) is 4.92 Å². The van der Waals surface area contributed by atoms with Crippen molar-refractivity contribution in [1.29, 1.82) is 0 Å². The molecule has 0 saturated carbocycles. The van der Waals surface area contributed by atoms with E-state index < -0.39 is 4.92 Å². The quantitative estimate of drug-likeness (QED) is 0.579. The molecule has 2 rings (SSSR count). The van der Waals surface area contributed by atoms with Gasteiger partial charge < -0.3 is 10.1 Å². The molecule has 0 fully saturated rings. The van der Waals surface area contributed by atoms with E-state index in [0.717, 1.165) is 10.0 Å². The van der Waals surface area contributed by atoms with Crippen molar-refractivity contribution in [2.45, 2.75) is 19.8 Å². The maximum absolute atomic E-state index is 12.0. The van der Waals surface area contributed by atoms with Crippen LogP contribution >= 0.6 is 15.9 Å². The Morgan fingerprint density at radius 3 is 2.71 bits per heavy atom. The third kappa shape index (κ3) is 4.79. The van der Waals surface area contributed by atoms with Crippen molar-refractivity contribution in [2.24, 2.45) is 0 Å². The Morgan fingerprint density at radius 2 is 2.04 bits per heavy atom. The number of nitrogens with zero attached hydrogens (tertiary/aromatic N) is 1. The minimum absolute atomic E-state index is 0.0799. The second kappa shape index (κ2) is 7.92. The third-order valence-electron chi connectivity index (χ3n) is 3.29. The Bertz CT molecular complexity index is 762. The molecular weight excluding hydrogens is 376 g/mol. The number of carbonyl (C=O) groups excluding carboxylic acids is 1. The van der Waals surface area contributed by atoms with Crippen LogP contribution in [-0.4, -0.2) is 17.4 Å². The lowest BCUT2D eigenvalue weighted by atomic mass is 10.0. The van der Waals surface area contributed by atoms with E-state index >= 15 is 0 Å². The minimum atomic E-state index is -0.511. The van der Waals surface area contributed by atoms with Gasteiger partial charge in [0.25, 0.3) is 11.6 Å². The van der Waals surface area contributed by atoms with Gasteiger partial charge in [0, 0.05) is 22.3 Å². The first kappa shape index (κ1) is 17.9. The second-order valence-electron chi connectivity index (χ2n) is 5.48. The van der Waals surface area contributed by atoms with E-state index in [0.29, 0.717) is 11.4 Å². The van der Waals surface area contributed by atoms with E-state index in [4.69, 9.17) is 4.74 Å². The first-order valence-corrected chi connectivity index (χ1v) is 8.12. The van der Waals surface area contributed by atoms with Crippen LogP contribution in [0.25, 0.3) is 0 Å². The molecule has 0 saturated heterocycles. The van der Waals surface area contributed by atoms with Crippen molar-refractivity contribution in [1.82, 2.24) is 0 Å². The van der Waals surface area contributed by atoms with Crippen molar-refractivity contribution < 1.29 is 14.5 Å². The van der Waals surface area contributed by atoms with Crippen LogP contribution < -0.4 is 10.1 Å². The molecule has 1 amide bonds. The third-order valence-corrected chi connectivity index (χ3v) is 3.79. The van der Waals surface area contributed by atoms with Crippen LogP contribution in [0.15, 0.2) is 46.9 Å². The van der Waals surface area contributed by atoms with Gasteiger partial charge in [0.1, 0.15) is 5.75 Å². The summed E-state index contributed by atoms with van der Waals surface area (Å²) in [5, 5.41) is 13.3. The molecule has 2 aromatic rings. The Morgan fingerprint density at radius 1 is 1.29 bits per heavy atom. The van der Waals surface area contributed by atoms with Gasteiger partial charge in [-0.05, 0) is 35.7 Å². The number of ether oxygens (including phenoxy) is 1. The Balaban J connectivity index is 2.01. The van der Waals surface area contributed by atoms with Gasteiger partial charge in [0.15, 0.2) is 6.61 Å². The number of carbonyl (C=O) groups is 1. The first-order valence-electron chi connectivity index (χ1n) is 7.33. The highest BCUT2D eigenvalue weighted by Crippen LogP contribution is 2.29. The lowest BCUT2D eigenvalue weighted by molar-refractivity contribution is -0.384. The van der Waals surface area contributed by atoms with E-state index in [1.165, 1.54) is 18.2 Å². The van der Waals surface area contributed by atoms with Crippen LogP contribution in [0.4, 0.5) is 11.4 Å². The van der Waals surface area contributed by atoms with Crippen LogP contribution in [0.5, 0.6) is 5.75 Å².